The molecule has 0 aliphatic carbocycles. The van der Waals surface area contributed by atoms with E-state index in [4.69, 9.17) is 9.47 Å². The molecule has 0 unspecified atom stereocenters. The fourth-order valence-corrected chi connectivity index (χ4v) is 2.50. The Morgan fingerprint density at radius 1 is 0.867 bits per heavy atom. The summed E-state index contributed by atoms with van der Waals surface area (Å²) in [6.45, 7) is 9.77. The summed E-state index contributed by atoms with van der Waals surface area (Å²) in [5, 5.41) is 0. The number of allylic oxidation sites excluding steroid dienone is 4. The van der Waals surface area contributed by atoms with Gasteiger partial charge >= 0.3 is 11.9 Å². The van der Waals surface area contributed by atoms with Crippen LogP contribution in [-0.4, -0.2) is 11.9 Å². The Bertz CT molecular complexity index is 1050. The number of hydrogen-bond donors (Lipinski definition) is 0. The number of esters is 2. The number of rotatable bonds is 7. The van der Waals surface area contributed by atoms with Gasteiger partial charge in [-0.15, -0.1) is 0 Å². The van der Waals surface area contributed by atoms with Crippen molar-refractivity contribution >= 4 is 17.5 Å². The van der Waals surface area contributed by atoms with E-state index in [9.17, 15) is 18.4 Å². The third-order valence-electron chi connectivity index (χ3n) is 4.05. The number of carbonyl (C=O) groups is 2. The summed E-state index contributed by atoms with van der Waals surface area (Å²) in [6.07, 6.45) is 5.05. The highest BCUT2D eigenvalue weighted by molar-refractivity contribution is 5.83. The van der Waals surface area contributed by atoms with E-state index in [1.54, 1.807) is 13.8 Å². The van der Waals surface area contributed by atoms with Gasteiger partial charge in [0.1, 0.15) is 11.5 Å². The van der Waals surface area contributed by atoms with Crippen LogP contribution in [0.3, 0.4) is 0 Å². The molecule has 0 fully saturated rings. The average molecular weight is 410 g/mol. The smallest absolute Gasteiger partial charge is 0.335 e. The molecule has 0 aromatic heterocycles. The predicted molar refractivity (Wildman–Crippen MR) is 111 cm³/mol. The summed E-state index contributed by atoms with van der Waals surface area (Å²) in [5.74, 6) is -2.68. The maximum absolute atomic E-state index is 14.7. The van der Waals surface area contributed by atoms with E-state index in [0.717, 1.165) is 12.2 Å². The highest BCUT2D eigenvalue weighted by Gasteiger charge is 2.16. The van der Waals surface area contributed by atoms with Gasteiger partial charge in [-0.1, -0.05) is 43.5 Å². The van der Waals surface area contributed by atoms with Crippen LogP contribution in [0, 0.1) is 11.6 Å². The van der Waals surface area contributed by atoms with E-state index in [1.165, 1.54) is 48.6 Å². The molecule has 2 aromatic rings. The molecule has 0 bridgehead atoms. The normalized spacial score (nSPS) is 11.6. The number of ether oxygens (including phenoxy) is 2. The lowest BCUT2D eigenvalue weighted by Crippen LogP contribution is -2.02. The Balaban J connectivity index is 2.28. The molecule has 0 amide bonds. The molecule has 0 atom stereocenters. The van der Waals surface area contributed by atoms with Crippen molar-refractivity contribution in [1.29, 1.82) is 0 Å². The lowest BCUT2D eigenvalue weighted by atomic mass is 9.99. The highest BCUT2D eigenvalue weighted by atomic mass is 19.2. The van der Waals surface area contributed by atoms with E-state index in [2.05, 4.69) is 13.2 Å². The molecule has 0 spiro atoms. The number of halogens is 2. The van der Waals surface area contributed by atoms with Crippen LogP contribution in [0.25, 0.3) is 16.7 Å². The van der Waals surface area contributed by atoms with Crippen LogP contribution >= 0.6 is 0 Å². The van der Waals surface area contributed by atoms with Gasteiger partial charge in [-0.05, 0) is 43.2 Å². The van der Waals surface area contributed by atoms with E-state index < -0.39 is 23.6 Å². The average Bonchev–Trinajstić information content (AvgIpc) is 2.74. The fraction of sp³-hybridized carbons (Fsp3) is 0.0833. The van der Waals surface area contributed by atoms with Crippen LogP contribution in [-0.2, 0) is 14.3 Å². The van der Waals surface area contributed by atoms with Crippen LogP contribution in [0.4, 0.5) is 8.78 Å². The van der Waals surface area contributed by atoms with Gasteiger partial charge in [0.25, 0.3) is 0 Å². The van der Waals surface area contributed by atoms with Crippen molar-refractivity contribution < 1.29 is 27.8 Å². The first kappa shape index (κ1) is 22.5. The topological polar surface area (TPSA) is 52.6 Å². The van der Waals surface area contributed by atoms with Gasteiger partial charge in [0, 0.05) is 23.3 Å². The quantitative estimate of drug-likeness (QED) is 0.191. The lowest BCUT2D eigenvalue weighted by molar-refractivity contribution is -0.133. The van der Waals surface area contributed by atoms with Gasteiger partial charge in [-0.2, -0.15) is 0 Å². The maximum Gasteiger partial charge on any atom is 0.335 e. The van der Waals surface area contributed by atoms with Crippen LogP contribution in [0.5, 0.6) is 5.75 Å². The van der Waals surface area contributed by atoms with Crippen molar-refractivity contribution in [2.75, 3.05) is 0 Å². The molecule has 154 valence electrons. The SMILES string of the molecule is C=CC(=O)O/C(C)=C/C=C(\C)c1ccc(-c2ccc(OC(=O)C=C)cc2)c(F)c1F. The molecule has 0 aliphatic heterocycles. The predicted octanol–water partition coefficient (Wildman–Crippen LogP) is 5.76. The monoisotopic (exact) mass is 410 g/mol. The molecular formula is C24H20F2O4. The van der Waals surface area contributed by atoms with E-state index in [-0.39, 0.29) is 22.6 Å². The molecule has 2 aromatic carbocycles. The van der Waals surface area contributed by atoms with E-state index >= 15 is 0 Å². The molecule has 30 heavy (non-hydrogen) atoms. The summed E-state index contributed by atoms with van der Waals surface area (Å²) in [5.41, 5.74) is 1.01. The van der Waals surface area contributed by atoms with Crippen molar-refractivity contribution in [2.45, 2.75) is 13.8 Å². The van der Waals surface area contributed by atoms with Gasteiger partial charge in [-0.3, -0.25) is 0 Å². The first-order valence-corrected chi connectivity index (χ1v) is 8.89. The zero-order chi connectivity index (χ0) is 22.3. The Morgan fingerprint density at radius 2 is 1.50 bits per heavy atom. The highest BCUT2D eigenvalue weighted by Crippen LogP contribution is 2.30. The molecule has 6 heteroatoms. The minimum absolute atomic E-state index is 0.0669. The Hall–Kier alpha value is -3.80. The summed E-state index contributed by atoms with van der Waals surface area (Å²) < 4.78 is 39.2. The van der Waals surface area contributed by atoms with Crippen molar-refractivity contribution in [3.05, 3.63) is 96.8 Å². The van der Waals surface area contributed by atoms with Gasteiger partial charge in [0.15, 0.2) is 11.6 Å². The first-order valence-electron chi connectivity index (χ1n) is 8.89. The standard InChI is InChI=1S/C24H20F2O4/c1-5-21(27)29-16(4)8-7-15(3)19-13-14-20(24(26)23(19)25)17-9-11-18(12-10-17)30-22(28)6-2/h5-14H,1-2H2,3-4H3/b15-7+,16-8+. The largest absolute Gasteiger partial charge is 0.428 e. The number of carbonyl (C=O) groups excluding carboxylic acids is 2. The van der Waals surface area contributed by atoms with Crippen molar-refractivity contribution in [2.24, 2.45) is 0 Å². The maximum atomic E-state index is 14.7. The lowest BCUT2D eigenvalue weighted by Gasteiger charge is -2.10. The zero-order valence-electron chi connectivity index (χ0n) is 16.6. The Morgan fingerprint density at radius 3 is 2.10 bits per heavy atom. The summed E-state index contributed by atoms with van der Waals surface area (Å²) in [4.78, 5) is 22.4. The molecular weight excluding hydrogens is 390 g/mol. The van der Waals surface area contributed by atoms with Gasteiger partial charge in [0.05, 0.1) is 0 Å². The molecule has 2 rings (SSSR count). The second kappa shape index (κ2) is 10.1. The van der Waals surface area contributed by atoms with Crippen LogP contribution < -0.4 is 4.74 Å². The molecule has 0 saturated heterocycles. The minimum Gasteiger partial charge on any atom is -0.428 e. The molecule has 0 radical (unpaired) electrons. The minimum atomic E-state index is -1.00. The van der Waals surface area contributed by atoms with Crippen LogP contribution in [0.1, 0.15) is 19.4 Å². The van der Waals surface area contributed by atoms with E-state index in [0.29, 0.717) is 11.1 Å². The Kier molecular flexibility index (Phi) is 7.58. The van der Waals surface area contributed by atoms with Crippen molar-refractivity contribution in [3.8, 4) is 16.9 Å². The molecule has 4 nitrogen and oxygen atoms in total. The molecule has 0 heterocycles. The van der Waals surface area contributed by atoms with Gasteiger partial charge in [0.2, 0.25) is 0 Å². The number of hydrogen-bond acceptors (Lipinski definition) is 4. The van der Waals surface area contributed by atoms with Crippen LogP contribution in [0.2, 0.25) is 0 Å². The summed E-state index contributed by atoms with van der Waals surface area (Å²) in [7, 11) is 0. The van der Waals surface area contributed by atoms with Crippen molar-refractivity contribution in [1.82, 2.24) is 0 Å². The Labute approximate surface area is 173 Å². The summed E-state index contributed by atoms with van der Waals surface area (Å²) >= 11 is 0. The second-order valence-electron chi connectivity index (χ2n) is 6.19. The van der Waals surface area contributed by atoms with Crippen LogP contribution in [0.15, 0.2) is 79.6 Å². The van der Waals surface area contributed by atoms with Gasteiger partial charge < -0.3 is 9.47 Å². The third kappa shape index (κ3) is 5.61. The second-order valence-corrected chi connectivity index (χ2v) is 6.19. The number of benzene rings is 2. The molecule has 0 N–H and O–H groups in total. The fourth-order valence-electron chi connectivity index (χ4n) is 2.50. The third-order valence-corrected chi connectivity index (χ3v) is 4.05. The molecule has 0 saturated carbocycles. The molecule has 0 aliphatic rings. The zero-order valence-corrected chi connectivity index (χ0v) is 16.6. The van der Waals surface area contributed by atoms with Crippen molar-refractivity contribution in [3.63, 3.8) is 0 Å². The first-order chi connectivity index (χ1) is 14.3. The van der Waals surface area contributed by atoms with E-state index in [1.807, 2.05) is 0 Å². The van der Waals surface area contributed by atoms with Gasteiger partial charge in [-0.25, -0.2) is 18.4 Å². The summed E-state index contributed by atoms with van der Waals surface area (Å²) in [6, 6.07) is 8.92.